The van der Waals surface area contributed by atoms with Crippen LogP contribution >= 0.6 is 12.4 Å². The van der Waals surface area contributed by atoms with Crippen LogP contribution in [0.3, 0.4) is 0 Å². The van der Waals surface area contributed by atoms with Gasteiger partial charge in [-0.25, -0.2) is 4.39 Å². The number of rotatable bonds is 4. The molecule has 5 nitrogen and oxygen atoms in total. The minimum absolute atomic E-state index is 0. The first-order chi connectivity index (χ1) is 10.1. The lowest BCUT2D eigenvalue weighted by Gasteiger charge is -2.34. The lowest BCUT2D eigenvalue weighted by molar-refractivity contribution is -0.135. The Morgan fingerprint density at radius 3 is 2.91 bits per heavy atom. The Balaban J connectivity index is 0.00000242. The highest BCUT2D eigenvalue weighted by molar-refractivity contribution is 5.86. The van der Waals surface area contributed by atoms with Gasteiger partial charge in [-0.2, -0.15) is 0 Å². The van der Waals surface area contributed by atoms with Crippen LogP contribution in [-0.2, 0) is 16.0 Å². The maximum atomic E-state index is 13.0. The summed E-state index contributed by atoms with van der Waals surface area (Å²) in [6.45, 7) is 4.15. The molecule has 7 heteroatoms. The van der Waals surface area contributed by atoms with Crippen LogP contribution in [0, 0.1) is 5.82 Å². The molecule has 0 aromatic heterocycles. The number of carbonyl (C=O) groups excluding carboxylic acids is 2. The van der Waals surface area contributed by atoms with Gasteiger partial charge in [-0.15, -0.1) is 12.4 Å². The van der Waals surface area contributed by atoms with Crippen molar-refractivity contribution in [1.82, 2.24) is 15.5 Å². The summed E-state index contributed by atoms with van der Waals surface area (Å²) in [4.78, 5) is 25.6. The van der Waals surface area contributed by atoms with Crippen molar-refractivity contribution in [2.45, 2.75) is 19.4 Å². The monoisotopic (exact) mass is 329 g/mol. The van der Waals surface area contributed by atoms with Crippen LogP contribution in [0.25, 0.3) is 0 Å². The lowest BCUT2D eigenvalue weighted by Crippen LogP contribution is -2.54. The predicted octanol–water partition coefficient (Wildman–Crippen LogP) is 0.727. The third kappa shape index (κ3) is 5.27. The Hall–Kier alpha value is -1.66. The molecule has 1 saturated heterocycles. The quantitative estimate of drug-likeness (QED) is 0.856. The number of halogens is 2. The van der Waals surface area contributed by atoms with Crippen LogP contribution in [0.1, 0.15) is 12.5 Å². The average molecular weight is 330 g/mol. The number of benzene rings is 1. The number of carbonyl (C=O) groups is 2. The van der Waals surface area contributed by atoms with Gasteiger partial charge in [-0.05, 0) is 24.6 Å². The fourth-order valence-electron chi connectivity index (χ4n) is 2.38. The molecule has 2 N–H and O–H groups in total. The standard InChI is InChI=1S/C15H20FN3O2.ClH/c1-11-9-17-5-6-19(11)15(21)10-18-14(20)8-12-3-2-4-13(16)7-12;/h2-4,7,11,17H,5-6,8-10H2,1H3,(H,18,20);1H/t11-;/m1./s1. The highest BCUT2D eigenvalue weighted by atomic mass is 35.5. The third-order valence-electron chi connectivity index (χ3n) is 3.51. The molecule has 0 bridgehead atoms. The normalized spacial score (nSPS) is 17.5. The lowest BCUT2D eigenvalue weighted by atomic mass is 10.1. The van der Waals surface area contributed by atoms with Crippen LogP contribution in [0.5, 0.6) is 0 Å². The van der Waals surface area contributed by atoms with Gasteiger partial charge in [0, 0.05) is 25.7 Å². The van der Waals surface area contributed by atoms with Gasteiger partial charge in [0.15, 0.2) is 0 Å². The van der Waals surface area contributed by atoms with E-state index in [0.29, 0.717) is 12.1 Å². The molecule has 2 amide bonds. The topological polar surface area (TPSA) is 61.4 Å². The summed E-state index contributed by atoms with van der Waals surface area (Å²) in [6, 6.07) is 6.02. The van der Waals surface area contributed by atoms with Gasteiger partial charge in [0.1, 0.15) is 5.82 Å². The minimum Gasteiger partial charge on any atom is -0.347 e. The molecule has 2 rings (SSSR count). The summed E-state index contributed by atoms with van der Waals surface area (Å²) in [6.07, 6.45) is 0.0716. The van der Waals surface area contributed by atoms with Gasteiger partial charge in [0.2, 0.25) is 11.8 Å². The first-order valence-corrected chi connectivity index (χ1v) is 7.07. The van der Waals surface area contributed by atoms with Crippen molar-refractivity contribution in [3.05, 3.63) is 35.6 Å². The molecule has 0 aliphatic carbocycles. The molecule has 22 heavy (non-hydrogen) atoms. The first-order valence-electron chi connectivity index (χ1n) is 7.07. The van der Waals surface area contributed by atoms with E-state index >= 15 is 0 Å². The number of hydrogen-bond acceptors (Lipinski definition) is 3. The van der Waals surface area contributed by atoms with E-state index in [0.717, 1.165) is 13.1 Å². The molecule has 1 aliphatic rings. The number of piperazine rings is 1. The fraction of sp³-hybridized carbons (Fsp3) is 0.467. The summed E-state index contributed by atoms with van der Waals surface area (Å²) in [5, 5.41) is 5.80. The molecule has 1 aromatic carbocycles. The zero-order valence-corrected chi connectivity index (χ0v) is 13.3. The molecule has 1 heterocycles. The molecule has 1 fully saturated rings. The van der Waals surface area contributed by atoms with Crippen molar-refractivity contribution in [2.75, 3.05) is 26.2 Å². The smallest absolute Gasteiger partial charge is 0.242 e. The minimum atomic E-state index is -0.369. The number of nitrogens with zero attached hydrogens (tertiary/aromatic N) is 1. The van der Waals surface area contributed by atoms with Crippen LogP contribution in [0.4, 0.5) is 4.39 Å². The second kappa shape index (κ2) is 8.70. The zero-order chi connectivity index (χ0) is 15.2. The molecular formula is C15H21ClFN3O2. The summed E-state index contributed by atoms with van der Waals surface area (Å²) < 4.78 is 13.0. The summed E-state index contributed by atoms with van der Waals surface area (Å²) in [5.41, 5.74) is 0.593. The third-order valence-corrected chi connectivity index (χ3v) is 3.51. The van der Waals surface area contributed by atoms with E-state index in [1.54, 1.807) is 17.0 Å². The number of nitrogens with one attached hydrogen (secondary N) is 2. The van der Waals surface area contributed by atoms with Gasteiger partial charge in [-0.3, -0.25) is 9.59 Å². The molecule has 0 saturated carbocycles. The van der Waals surface area contributed by atoms with E-state index in [-0.39, 0.29) is 49.0 Å². The summed E-state index contributed by atoms with van der Waals surface area (Å²) >= 11 is 0. The Morgan fingerprint density at radius 1 is 1.45 bits per heavy atom. The molecule has 122 valence electrons. The molecule has 1 atom stereocenters. The molecule has 1 aromatic rings. The zero-order valence-electron chi connectivity index (χ0n) is 12.5. The Labute approximate surface area is 135 Å². The summed E-state index contributed by atoms with van der Waals surface area (Å²) in [5.74, 6) is -0.737. The van der Waals surface area contributed by atoms with Crippen LogP contribution in [0.2, 0.25) is 0 Å². The SMILES string of the molecule is C[C@@H]1CNCCN1C(=O)CNC(=O)Cc1cccc(F)c1.Cl. The summed E-state index contributed by atoms with van der Waals surface area (Å²) in [7, 11) is 0. The van der Waals surface area contributed by atoms with Gasteiger partial charge in [0.25, 0.3) is 0 Å². The van der Waals surface area contributed by atoms with E-state index in [1.807, 2.05) is 6.92 Å². The van der Waals surface area contributed by atoms with Crippen molar-refractivity contribution in [3.8, 4) is 0 Å². The molecule has 0 unspecified atom stereocenters. The Kier molecular flexibility index (Phi) is 7.27. The van der Waals surface area contributed by atoms with Crippen molar-refractivity contribution >= 4 is 24.2 Å². The van der Waals surface area contributed by atoms with Crippen LogP contribution in [-0.4, -0.2) is 48.9 Å². The Bertz CT molecular complexity index is 527. The van der Waals surface area contributed by atoms with E-state index in [4.69, 9.17) is 0 Å². The predicted molar refractivity (Wildman–Crippen MR) is 84.4 cm³/mol. The van der Waals surface area contributed by atoms with Crippen LogP contribution in [0.15, 0.2) is 24.3 Å². The van der Waals surface area contributed by atoms with E-state index in [1.165, 1.54) is 12.1 Å². The molecular weight excluding hydrogens is 309 g/mol. The van der Waals surface area contributed by atoms with E-state index in [9.17, 15) is 14.0 Å². The van der Waals surface area contributed by atoms with Gasteiger partial charge >= 0.3 is 0 Å². The largest absolute Gasteiger partial charge is 0.347 e. The van der Waals surface area contributed by atoms with Gasteiger partial charge < -0.3 is 15.5 Å². The van der Waals surface area contributed by atoms with Crippen molar-refractivity contribution < 1.29 is 14.0 Å². The fourth-order valence-corrected chi connectivity index (χ4v) is 2.38. The van der Waals surface area contributed by atoms with Crippen molar-refractivity contribution in [3.63, 3.8) is 0 Å². The Morgan fingerprint density at radius 2 is 2.23 bits per heavy atom. The average Bonchev–Trinajstić information content (AvgIpc) is 2.45. The maximum Gasteiger partial charge on any atom is 0.242 e. The molecule has 0 radical (unpaired) electrons. The maximum absolute atomic E-state index is 13.0. The highest BCUT2D eigenvalue weighted by Gasteiger charge is 2.22. The number of hydrogen-bond donors (Lipinski definition) is 2. The molecule has 1 aliphatic heterocycles. The van der Waals surface area contributed by atoms with Gasteiger partial charge in [-0.1, -0.05) is 12.1 Å². The second-order valence-electron chi connectivity index (χ2n) is 5.22. The first kappa shape index (κ1) is 18.4. The number of amides is 2. The van der Waals surface area contributed by atoms with Crippen LogP contribution < -0.4 is 10.6 Å². The van der Waals surface area contributed by atoms with Crippen molar-refractivity contribution in [2.24, 2.45) is 0 Å². The second-order valence-corrected chi connectivity index (χ2v) is 5.22. The van der Waals surface area contributed by atoms with Gasteiger partial charge in [0.05, 0.1) is 13.0 Å². The van der Waals surface area contributed by atoms with E-state index in [2.05, 4.69) is 10.6 Å². The van der Waals surface area contributed by atoms with Crippen molar-refractivity contribution in [1.29, 1.82) is 0 Å². The van der Waals surface area contributed by atoms with E-state index < -0.39 is 0 Å². The molecule has 0 spiro atoms. The highest BCUT2D eigenvalue weighted by Crippen LogP contribution is 2.05.